The van der Waals surface area contributed by atoms with E-state index in [9.17, 15) is 0 Å². The molecule has 41 heavy (non-hydrogen) atoms. The Bertz CT molecular complexity index is 1540. The van der Waals surface area contributed by atoms with Crippen LogP contribution in [0.4, 0.5) is 0 Å². The van der Waals surface area contributed by atoms with Crippen LogP contribution in [0.25, 0.3) is 33.4 Å². The highest BCUT2D eigenvalue weighted by Crippen LogP contribution is 2.55. The van der Waals surface area contributed by atoms with Crippen LogP contribution in [-0.4, -0.2) is 0 Å². The van der Waals surface area contributed by atoms with Crippen LogP contribution in [0.15, 0.2) is 78.9 Å². The maximum absolute atomic E-state index is 2.59. The molecule has 0 aliphatic heterocycles. The highest BCUT2D eigenvalue weighted by atomic mass is 14.5. The molecule has 0 unspecified atom stereocenters. The van der Waals surface area contributed by atoms with Gasteiger partial charge in [-0.2, -0.15) is 0 Å². The number of aryl methyl sites for hydroxylation is 1. The van der Waals surface area contributed by atoms with Gasteiger partial charge in [0.15, 0.2) is 0 Å². The zero-order valence-corrected chi connectivity index (χ0v) is 26.1. The summed E-state index contributed by atoms with van der Waals surface area (Å²) in [7, 11) is 0. The summed E-state index contributed by atoms with van der Waals surface area (Å²) >= 11 is 0. The molecular weight excluding hydrogens is 492 g/mol. The molecule has 0 radical (unpaired) electrons. The third kappa shape index (κ3) is 4.78. The van der Waals surface area contributed by atoms with Crippen molar-refractivity contribution in [2.24, 2.45) is 0 Å². The fourth-order valence-corrected chi connectivity index (χ4v) is 8.04. The molecule has 0 heteroatoms. The summed E-state index contributed by atoms with van der Waals surface area (Å²) in [5, 5.41) is 0. The van der Waals surface area contributed by atoms with Crippen molar-refractivity contribution in [2.75, 3.05) is 0 Å². The van der Waals surface area contributed by atoms with Crippen molar-refractivity contribution in [1.29, 1.82) is 0 Å². The summed E-state index contributed by atoms with van der Waals surface area (Å²) in [4.78, 5) is 0. The number of fused-ring (bicyclic) bond motifs is 6. The summed E-state index contributed by atoms with van der Waals surface area (Å²) in [5.41, 5.74) is 16.1. The van der Waals surface area contributed by atoms with Crippen LogP contribution < -0.4 is 0 Å². The Morgan fingerprint density at radius 3 is 1.63 bits per heavy atom. The van der Waals surface area contributed by atoms with Crippen molar-refractivity contribution < 1.29 is 0 Å². The topological polar surface area (TPSA) is 0 Å². The SMILES string of the molecule is CCCCCCC1(CCCCCC)c2ccccc2-c2ccc(-c3ccc4c(c3)C(C)(C)c3cc(C)ccc3-4)cc21. The van der Waals surface area contributed by atoms with Gasteiger partial charge in [0, 0.05) is 10.8 Å². The first-order chi connectivity index (χ1) is 19.9. The number of benzene rings is 4. The zero-order valence-electron chi connectivity index (χ0n) is 26.1. The van der Waals surface area contributed by atoms with Gasteiger partial charge in [-0.15, -0.1) is 0 Å². The molecule has 2 aliphatic carbocycles. The van der Waals surface area contributed by atoms with Gasteiger partial charge < -0.3 is 0 Å². The van der Waals surface area contributed by atoms with E-state index in [1.54, 1.807) is 11.1 Å². The van der Waals surface area contributed by atoms with E-state index >= 15 is 0 Å². The van der Waals surface area contributed by atoms with Crippen LogP contribution >= 0.6 is 0 Å². The van der Waals surface area contributed by atoms with Crippen LogP contribution in [0, 0.1) is 6.92 Å². The minimum Gasteiger partial charge on any atom is -0.0654 e. The molecule has 0 nitrogen and oxygen atoms in total. The largest absolute Gasteiger partial charge is 0.0654 e. The lowest BCUT2D eigenvalue weighted by Gasteiger charge is -2.33. The van der Waals surface area contributed by atoms with Crippen molar-refractivity contribution in [3.05, 3.63) is 107 Å². The highest BCUT2D eigenvalue weighted by molar-refractivity contribution is 5.86. The minimum atomic E-state index is 0.0158. The van der Waals surface area contributed by atoms with E-state index in [0.717, 1.165) is 0 Å². The van der Waals surface area contributed by atoms with E-state index in [1.807, 2.05) is 0 Å². The van der Waals surface area contributed by atoms with Gasteiger partial charge >= 0.3 is 0 Å². The molecule has 0 atom stereocenters. The highest BCUT2D eigenvalue weighted by Gasteiger charge is 2.42. The first-order valence-corrected chi connectivity index (χ1v) is 16.4. The smallest absolute Gasteiger partial charge is 0.0215 e. The van der Waals surface area contributed by atoms with Crippen molar-refractivity contribution in [3.8, 4) is 33.4 Å². The Balaban J connectivity index is 1.44. The maximum Gasteiger partial charge on any atom is 0.0215 e. The second-order valence-electron chi connectivity index (χ2n) is 13.4. The Hall–Kier alpha value is -3.12. The predicted octanol–water partition coefficient (Wildman–Crippen LogP) is 12.2. The molecule has 0 aromatic heterocycles. The molecule has 4 aromatic rings. The average Bonchev–Trinajstić information content (AvgIpc) is 3.38. The lowest BCUT2D eigenvalue weighted by molar-refractivity contribution is 0.401. The molecule has 4 aromatic carbocycles. The van der Waals surface area contributed by atoms with Crippen molar-refractivity contribution >= 4 is 0 Å². The van der Waals surface area contributed by atoms with Crippen molar-refractivity contribution in [1.82, 2.24) is 0 Å². The molecule has 0 bridgehead atoms. The normalized spacial score (nSPS) is 15.3. The van der Waals surface area contributed by atoms with E-state index in [0.29, 0.717) is 0 Å². The van der Waals surface area contributed by atoms with E-state index in [4.69, 9.17) is 0 Å². The third-order valence-corrected chi connectivity index (χ3v) is 10.3. The van der Waals surface area contributed by atoms with E-state index in [-0.39, 0.29) is 10.8 Å². The molecular formula is C41H48. The molecule has 212 valence electrons. The Labute approximate surface area is 249 Å². The van der Waals surface area contributed by atoms with E-state index < -0.39 is 0 Å². The lowest BCUT2D eigenvalue weighted by atomic mass is 9.70. The van der Waals surface area contributed by atoms with Gasteiger partial charge in [0.2, 0.25) is 0 Å². The van der Waals surface area contributed by atoms with Crippen LogP contribution in [0.1, 0.15) is 120 Å². The van der Waals surface area contributed by atoms with Crippen molar-refractivity contribution in [2.45, 2.75) is 110 Å². The van der Waals surface area contributed by atoms with Crippen LogP contribution in [-0.2, 0) is 10.8 Å². The number of unbranched alkanes of at least 4 members (excludes halogenated alkanes) is 6. The number of hydrogen-bond donors (Lipinski definition) is 0. The fraction of sp³-hybridized carbons (Fsp3) is 0.415. The third-order valence-electron chi connectivity index (χ3n) is 10.3. The molecule has 0 N–H and O–H groups in total. The summed E-state index contributed by atoms with van der Waals surface area (Å²) in [6.07, 6.45) is 13.1. The number of hydrogen-bond acceptors (Lipinski definition) is 0. The monoisotopic (exact) mass is 540 g/mol. The Morgan fingerprint density at radius 2 is 1.00 bits per heavy atom. The molecule has 0 heterocycles. The predicted molar refractivity (Wildman–Crippen MR) is 178 cm³/mol. The van der Waals surface area contributed by atoms with Gasteiger partial charge in [-0.3, -0.25) is 0 Å². The maximum atomic E-state index is 2.59. The fourth-order valence-electron chi connectivity index (χ4n) is 8.04. The van der Waals surface area contributed by atoms with Crippen LogP contribution in [0.5, 0.6) is 0 Å². The summed E-state index contributed by atoms with van der Waals surface area (Å²) in [6.45, 7) is 11.7. The van der Waals surface area contributed by atoms with Gasteiger partial charge in [-0.1, -0.05) is 151 Å². The van der Waals surface area contributed by atoms with Gasteiger partial charge in [0.25, 0.3) is 0 Å². The van der Waals surface area contributed by atoms with Crippen LogP contribution in [0.3, 0.4) is 0 Å². The quantitative estimate of drug-likeness (QED) is 0.166. The Morgan fingerprint density at radius 1 is 0.488 bits per heavy atom. The Kier molecular flexibility index (Phi) is 7.71. The first kappa shape index (κ1) is 28.0. The molecule has 0 spiro atoms. The molecule has 0 amide bonds. The zero-order chi connectivity index (χ0) is 28.6. The van der Waals surface area contributed by atoms with Crippen molar-refractivity contribution in [3.63, 3.8) is 0 Å². The van der Waals surface area contributed by atoms with Crippen LogP contribution in [0.2, 0.25) is 0 Å². The summed E-state index contributed by atoms with van der Waals surface area (Å²) < 4.78 is 0. The average molecular weight is 541 g/mol. The lowest BCUT2D eigenvalue weighted by Crippen LogP contribution is -2.25. The van der Waals surface area contributed by atoms with E-state index in [1.165, 1.54) is 114 Å². The number of rotatable bonds is 11. The summed E-state index contributed by atoms with van der Waals surface area (Å²) in [6, 6.07) is 31.0. The molecule has 0 fully saturated rings. The molecule has 0 saturated heterocycles. The summed E-state index contributed by atoms with van der Waals surface area (Å²) in [5.74, 6) is 0. The van der Waals surface area contributed by atoms with E-state index in [2.05, 4.69) is 113 Å². The second-order valence-corrected chi connectivity index (χ2v) is 13.4. The molecule has 2 aliphatic rings. The van der Waals surface area contributed by atoms with Gasteiger partial charge in [0.1, 0.15) is 0 Å². The van der Waals surface area contributed by atoms with Gasteiger partial charge in [-0.25, -0.2) is 0 Å². The minimum absolute atomic E-state index is 0.0158. The first-order valence-electron chi connectivity index (χ1n) is 16.4. The second kappa shape index (κ2) is 11.3. The van der Waals surface area contributed by atoms with Gasteiger partial charge in [0.05, 0.1) is 0 Å². The molecule has 0 saturated carbocycles. The van der Waals surface area contributed by atoms with Gasteiger partial charge in [-0.05, 0) is 87.5 Å². The molecule has 6 rings (SSSR count). The standard InChI is InChI=1S/C41H48/c1-6-8-10-14-24-41(25-15-11-9-7-2)36-17-13-12-16-32(36)35-23-20-31(28-39(35)41)30-19-22-34-33-21-18-29(3)26-37(33)40(4,5)38(34)27-30/h12-13,16-23,26-28H,6-11,14-15,24-25H2,1-5H3.